The maximum absolute atomic E-state index is 5.91. The molecule has 0 aromatic carbocycles. The van der Waals surface area contributed by atoms with Crippen LogP contribution in [0.3, 0.4) is 0 Å². The van der Waals surface area contributed by atoms with Crippen molar-refractivity contribution in [2.45, 2.75) is 51.9 Å². The van der Waals surface area contributed by atoms with E-state index in [0.717, 1.165) is 25.1 Å². The molecular formula is C13H23N3O2. The van der Waals surface area contributed by atoms with E-state index in [1.165, 1.54) is 0 Å². The van der Waals surface area contributed by atoms with Crippen molar-refractivity contribution in [3.05, 3.63) is 11.8 Å². The molecule has 2 atom stereocenters. The van der Waals surface area contributed by atoms with Gasteiger partial charge in [0.05, 0.1) is 12.2 Å². The minimum atomic E-state index is 0.195. The first-order valence-corrected chi connectivity index (χ1v) is 6.67. The van der Waals surface area contributed by atoms with Gasteiger partial charge in [-0.2, -0.15) is 0 Å². The van der Waals surface area contributed by atoms with Crippen molar-refractivity contribution in [2.75, 3.05) is 13.2 Å². The molecule has 1 saturated heterocycles. The van der Waals surface area contributed by atoms with Gasteiger partial charge in [0.25, 0.3) is 0 Å². The summed E-state index contributed by atoms with van der Waals surface area (Å²) in [7, 11) is 0. The molecule has 2 rings (SSSR count). The lowest BCUT2D eigenvalue weighted by Crippen LogP contribution is -2.32. The van der Waals surface area contributed by atoms with Crippen LogP contribution in [0.15, 0.2) is 6.07 Å². The van der Waals surface area contributed by atoms with Crippen LogP contribution in [0.4, 0.5) is 0 Å². The first-order valence-electron chi connectivity index (χ1n) is 6.67. The van der Waals surface area contributed by atoms with Crippen molar-refractivity contribution in [1.82, 2.24) is 15.5 Å². The normalized spacial score (nSPS) is 23.8. The molecule has 0 aliphatic carbocycles. The lowest BCUT2D eigenvalue weighted by atomic mass is 10.2. The number of aromatic nitrogens is 2. The van der Waals surface area contributed by atoms with Crippen molar-refractivity contribution in [2.24, 2.45) is 0 Å². The summed E-state index contributed by atoms with van der Waals surface area (Å²) in [5.41, 5.74) is 1.01. The molecule has 0 spiro atoms. The van der Waals surface area contributed by atoms with Gasteiger partial charge >= 0.3 is 0 Å². The number of H-pyrrole nitrogens is 1. The van der Waals surface area contributed by atoms with E-state index in [4.69, 9.17) is 9.47 Å². The number of aromatic amines is 1. The van der Waals surface area contributed by atoms with Crippen molar-refractivity contribution in [3.8, 4) is 5.88 Å². The van der Waals surface area contributed by atoms with Gasteiger partial charge in [-0.3, -0.25) is 5.10 Å². The average molecular weight is 253 g/mol. The average Bonchev–Trinajstić information content (AvgIpc) is 2.93. The summed E-state index contributed by atoms with van der Waals surface area (Å²) in [6, 6.07) is 2.41. The fourth-order valence-corrected chi connectivity index (χ4v) is 2.07. The van der Waals surface area contributed by atoms with E-state index in [2.05, 4.69) is 29.4 Å². The van der Waals surface area contributed by atoms with Crippen LogP contribution in [0.2, 0.25) is 0 Å². The Bertz CT molecular complexity index is 365. The molecule has 0 bridgehead atoms. The van der Waals surface area contributed by atoms with Crippen molar-refractivity contribution >= 4 is 0 Å². The summed E-state index contributed by atoms with van der Waals surface area (Å²) >= 11 is 0. The first-order chi connectivity index (χ1) is 8.63. The molecular weight excluding hydrogens is 230 g/mol. The third kappa shape index (κ3) is 3.99. The number of aryl methyl sites for hydroxylation is 1. The van der Waals surface area contributed by atoms with Gasteiger partial charge in [0.2, 0.25) is 5.88 Å². The Kier molecular flexibility index (Phi) is 4.60. The Morgan fingerprint density at radius 1 is 1.50 bits per heavy atom. The Labute approximate surface area is 108 Å². The van der Waals surface area contributed by atoms with E-state index in [-0.39, 0.29) is 6.10 Å². The fourth-order valence-electron chi connectivity index (χ4n) is 2.07. The SMILES string of the molecule is Cc1cc(OCC2CCC(CNC(C)C)O2)n[nH]1. The predicted octanol–water partition coefficient (Wildman–Crippen LogP) is 1.64. The molecule has 1 aliphatic heterocycles. The third-order valence-corrected chi connectivity index (χ3v) is 3.05. The van der Waals surface area contributed by atoms with E-state index in [1.807, 2.05) is 13.0 Å². The second-order valence-corrected chi connectivity index (χ2v) is 5.22. The number of ether oxygens (including phenoxy) is 2. The zero-order valence-corrected chi connectivity index (χ0v) is 11.4. The summed E-state index contributed by atoms with van der Waals surface area (Å²) in [6.45, 7) is 7.77. The molecule has 1 aliphatic rings. The summed E-state index contributed by atoms with van der Waals surface area (Å²) in [5, 5.41) is 10.3. The molecule has 1 fully saturated rings. The predicted molar refractivity (Wildman–Crippen MR) is 69.9 cm³/mol. The highest BCUT2D eigenvalue weighted by molar-refractivity contribution is 5.12. The van der Waals surface area contributed by atoms with Gasteiger partial charge < -0.3 is 14.8 Å². The zero-order chi connectivity index (χ0) is 13.0. The molecule has 0 radical (unpaired) electrons. The third-order valence-electron chi connectivity index (χ3n) is 3.05. The highest BCUT2D eigenvalue weighted by atomic mass is 16.5. The van der Waals surface area contributed by atoms with E-state index in [9.17, 15) is 0 Å². The number of hydrogen-bond acceptors (Lipinski definition) is 4. The molecule has 2 unspecified atom stereocenters. The van der Waals surface area contributed by atoms with Gasteiger partial charge in [-0.15, -0.1) is 5.10 Å². The molecule has 2 heterocycles. The number of nitrogens with zero attached hydrogens (tertiary/aromatic N) is 1. The molecule has 0 saturated carbocycles. The van der Waals surface area contributed by atoms with E-state index < -0.39 is 0 Å². The lowest BCUT2D eigenvalue weighted by Gasteiger charge is -2.15. The van der Waals surface area contributed by atoms with Gasteiger partial charge in [0.15, 0.2) is 0 Å². The number of rotatable bonds is 6. The van der Waals surface area contributed by atoms with Crippen molar-refractivity contribution in [3.63, 3.8) is 0 Å². The molecule has 5 heteroatoms. The topological polar surface area (TPSA) is 59.2 Å². The fraction of sp³-hybridized carbons (Fsp3) is 0.769. The number of nitrogens with one attached hydrogen (secondary N) is 2. The van der Waals surface area contributed by atoms with E-state index in [1.54, 1.807) is 0 Å². The highest BCUT2D eigenvalue weighted by Gasteiger charge is 2.25. The molecule has 102 valence electrons. The van der Waals surface area contributed by atoms with Crippen molar-refractivity contribution < 1.29 is 9.47 Å². The molecule has 1 aromatic rings. The van der Waals surface area contributed by atoms with Crippen LogP contribution in [0, 0.1) is 6.92 Å². The summed E-state index contributed by atoms with van der Waals surface area (Å²) in [4.78, 5) is 0. The smallest absolute Gasteiger partial charge is 0.232 e. The first kappa shape index (κ1) is 13.4. The Morgan fingerprint density at radius 2 is 2.28 bits per heavy atom. The van der Waals surface area contributed by atoms with E-state index >= 15 is 0 Å². The Balaban J connectivity index is 1.66. The zero-order valence-electron chi connectivity index (χ0n) is 11.4. The van der Waals surface area contributed by atoms with Crippen LogP contribution < -0.4 is 10.1 Å². The largest absolute Gasteiger partial charge is 0.474 e. The second-order valence-electron chi connectivity index (χ2n) is 5.22. The monoisotopic (exact) mass is 253 g/mol. The van der Waals surface area contributed by atoms with Crippen LogP contribution >= 0.6 is 0 Å². The molecule has 18 heavy (non-hydrogen) atoms. The van der Waals surface area contributed by atoms with E-state index in [0.29, 0.717) is 24.6 Å². The molecule has 1 aromatic heterocycles. The highest BCUT2D eigenvalue weighted by Crippen LogP contribution is 2.20. The quantitative estimate of drug-likeness (QED) is 0.809. The standard InChI is InChI=1S/C13H23N3O2/c1-9(2)14-7-11-4-5-12(18-11)8-17-13-6-10(3)15-16-13/h6,9,11-12,14H,4-5,7-8H2,1-3H3,(H,15,16). The van der Waals surface area contributed by atoms with Crippen molar-refractivity contribution in [1.29, 1.82) is 0 Å². The van der Waals surface area contributed by atoms with Crippen LogP contribution in [0.25, 0.3) is 0 Å². The van der Waals surface area contributed by atoms with Crippen LogP contribution in [-0.4, -0.2) is 41.6 Å². The Hall–Kier alpha value is -1.07. The van der Waals surface area contributed by atoms with Gasteiger partial charge in [0, 0.05) is 24.3 Å². The molecule has 2 N–H and O–H groups in total. The van der Waals surface area contributed by atoms with Gasteiger partial charge in [-0.25, -0.2) is 0 Å². The van der Waals surface area contributed by atoms with Crippen LogP contribution in [-0.2, 0) is 4.74 Å². The van der Waals surface area contributed by atoms with Gasteiger partial charge in [-0.05, 0) is 19.8 Å². The number of hydrogen-bond donors (Lipinski definition) is 2. The maximum Gasteiger partial charge on any atom is 0.232 e. The van der Waals surface area contributed by atoms with Gasteiger partial charge in [-0.1, -0.05) is 13.8 Å². The summed E-state index contributed by atoms with van der Waals surface area (Å²) in [6.07, 6.45) is 2.68. The van der Waals surface area contributed by atoms with Crippen LogP contribution in [0.1, 0.15) is 32.4 Å². The summed E-state index contributed by atoms with van der Waals surface area (Å²) in [5.74, 6) is 0.653. The summed E-state index contributed by atoms with van der Waals surface area (Å²) < 4.78 is 11.5. The second kappa shape index (κ2) is 6.20. The molecule has 0 amide bonds. The Morgan fingerprint density at radius 3 is 2.94 bits per heavy atom. The lowest BCUT2D eigenvalue weighted by molar-refractivity contribution is 0.0169. The molecule has 5 nitrogen and oxygen atoms in total. The minimum Gasteiger partial charge on any atom is -0.474 e. The maximum atomic E-state index is 5.91. The van der Waals surface area contributed by atoms with Crippen LogP contribution in [0.5, 0.6) is 5.88 Å². The van der Waals surface area contributed by atoms with Gasteiger partial charge in [0.1, 0.15) is 6.61 Å². The minimum absolute atomic E-state index is 0.195.